The lowest BCUT2D eigenvalue weighted by Crippen LogP contribution is -2.60. The number of ether oxygens (including phenoxy) is 2. The maximum Gasteiger partial charge on any atom is 0.258 e. The molecule has 0 aromatic heterocycles. The van der Waals surface area contributed by atoms with Gasteiger partial charge in [-0.1, -0.05) is 29.8 Å². The van der Waals surface area contributed by atoms with Crippen molar-refractivity contribution in [2.45, 2.75) is 28.5 Å². The number of nitrogens with one attached hydrogen (secondary N) is 1. The summed E-state index contributed by atoms with van der Waals surface area (Å²) in [4.78, 5) is 52.7. The van der Waals surface area contributed by atoms with Gasteiger partial charge in [-0.25, -0.2) is 26.9 Å². The lowest BCUT2D eigenvalue weighted by molar-refractivity contribution is -0.125. The van der Waals surface area contributed by atoms with Gasteiger partial charge in [-0.05, 0) is 55.2 Å². The van der Waals surface area contributed by atoms with Gasteiger partial charge in [0.15, 0.2) is 33.0 Å². The molecular weight excluding hydrogens is 800 g/mol. The van der Waals surface area contributed by atoms with E-state index in [4.69, 9.17) is 32.7 Å². The van der Waals surface area contributed by atoms with Crippen LogP contribution in [0.2, 0.25) is 0 Å². The fraction of sp³-hybridized carbons (Fsp3) is 0.250. The molecule has 2 aliphatic heterocycles. The summed E-state index contributed by atoms with van der Waals surface area (Å²) < 4.78 is 84.9. The number of rotatable bonds is 7. The first-order chi connectivity index (χ1) is 27.1. The number of halogens is 7. The average Bonchev–Trinajstić information content (AvgIpc) is 3.54. The molecule has 4 aromatic rings. The van der Waals surface area contributed by atoms with E-state index in [9.17, 15) is 37.5 Å². The number of methoxy groups -OCH3 is 2. The van der Waals surface area contributed by atoms with E-state index in [1.165, 1.54) is 26.4 Å². The number of para-hydroxylation sites is 1. The number of allylic oxidation sites excluding steroid dienone is 2. The first kappa shape index (κ1) is 38.2. The molecule has 10 nitrogen and oxygen atoms in total. The molecule has 4 amide bonds. The zero-order chi connectivity index (χ0) is 40.9. The van der Waals surface area contributed by atoms with Crippen molar-refractivity contribution in [2.24, 2.45) is 17.8 Å². The number of carbonyl (C=O) groups excluding carboxylic acids is 4. The Morgan fingerprint density at radius 1 is 0.754 bits per heavy atom. The molecule has 294 valence electrons. The number of nitrogens with zero attached hydrogens (tertiary/aromatic N) is 2. The van der Waals surface area contributed by atoms with Crippen LogP contribution >= 0.6 is 23.2 Å². The topological polar surface area (TPSA) is 125 Å². The number of phenols is 1. The second-order valence-corrected chi connectivity index (χ2v) is 15.2. The number of anilines is 4. The molecule has 2 aliphatic carbocycles. The third-order valence-corrected chi connectivity index (χ3v) is 12.7. The van der Waals surface area contributed by atoms with Crippen molar-refractivity contribution in [3.8, 4) is 17.2 Å². The van der Waals surface area contributed by atoms with Crippen molar-refractivity contribution in [3.63, 3.8) is 0 Å². The molecule has 0 radical (unpaired) electrons. The van der Waals surface area contributed by atoms with Gasteiger partial charge in [-0.2, -0.15) is 0 Å². The van der Waals surface area contributed by atoms with Gasteiger partial charge in [0.2, 0.25) is 17.6 Å². The lowest BCUT2D eigenvalue weighted by atomic mass is 9.56. The minimum Gasteiger partial charge on any atom is -0.507 e. The summed E-state index contributed by atoms with van der Waals surface area (Å²) in [5, 5.41) is 14.7. The summed E-state index contributed by atoms with van der Waals surface area (Å²) in [6.07, 6.45) is 0.692. The Kier molecular flexibility index (Phi) is 9.04. The van der Waals surface area contributed by atoms with E-state index in [1.54, 1.807) is 24.3 Å². The van der Waals surface area contributed by atoms with Crippen LogP contribution in [0.3, 0.4) is 0 Å². The highest BCUT2D eigenvalue weighted by Crippen LogP contribution is 2.67. The molecule has 6 atom stereocenters. The molecular formula is C40H28Cl2F5N3O7. The number of benzene rings is 4. The fourth-order valence-corrected chi connectivity index (χ4v) is 9.60. The first-order valence-corrected chi connectivity index (χ1v) is 18.1. The van der Waals surface area contributed by atoms with E-state index in [0.29, 0.717) is 5.69 Å². The van der Waals surface area contributed by atoms with Crippen LogP contribution in [-0.4, -0.2) is 52.7 Å². The van der Waals surface area contributed by atoms with Crippen LogP contribution in [0.15, 0.2) is 78.4 Å². The molecule has 0 spiro atoms. The Hall–Kier alpha value is -5.67. The number of carbonyl (C=O) groups is 4. The van der Waals surface area contributed by atoms with Gasteiger partial charge >= 0.3 is 0 Å². The molecule has 2 N–H and O–H groups in total. The first-order valence-electron chi connectivity index (χ1n) is 17.3. The minimum atomic E-state index is -2.87. The number of imide groups is 2. The summed E-state index contributed by atoms with van der Waals surface area (Å²) >= 11 is 14.4. The van der Waals surface area contributed by atoms with Crippen LogP contribution in [0.1, 0.15) is 24.3 Å². The summed E-state index contributed by atoms with van der Waals surface area (Å²) in [7, 11) is 2.47. The highest BCUT2D eigenvalue weighted by Gasteiger charge is 2.77. The van der Waals surface area contributed by atoms with Crippen LogP contribution in [0.5, 0.6) is 17.2 Å². The van der Waals surface area contributed by atoms with Gasteiger partial charge in [0.25, 0.3) is 11.8 Å². The summed E-state index contributed by atoms with van der Waals surface area (Å²) in [5.74, 6) is -23.1. The van der Waals surface area contributed by atoms with Crippen LogP contribution < -0.4 is 24.6 Å². The van der Waals surface area contributed by atoms with Crippen molar-refractivity contribution in [3.05, 3.63) is 113 Å². The highest BCUT2D eigenvalue weighted by atomic mass is 35.5. The van der Waals surface area contributed by atoms with Gasteiger partial charge < -0.3 is 19.9 Å². The largest absolute Gasteiger partial charge is 0.507 e. The Labute approximate surface area is 330 Å². The van der Waals surface area contributed by atoms with E-state index >= 15 is 8.78 Å². The molecule has 2 saturated heterocycles. The number of hydrogen-bond donors (Lipinski definition) is 2. The molecule has 3 fully saturated rings. The van der Waals surface area contributed by atoms with Crippen LogP contribution in [-0.2, 0) is 19.2 Å². The maximum absolute atomic E-state index is 15.4. The molecule has 0 unspecified atom stereocenters. The van der Waals surface area contributed by atoms with E-state index < -0.39 is 104 Å². The molecule has 1 saturated carbocycles. The predicted octanol–water partition coefficient (Wildman–Crippen LogP) is 7.62. The normalized spacial score (nSPS) is 26.6. The maximum atomic E-state index is 15.4. The molecule has 8 rings (SSSR count). The van der Waals surface area contributed by atoms with Crippen molar-refractivity contribution in [1.82, 2.24) is 0 Å². The predicted molar refractivity (Wildman–Crippen MR) is 196 cm³/mol. The second-order valence-electron chi connectivity index (χ2n) is 14.0. The third kappa shape index (κ3) is 5.27. The number of amides is 4. The number of hydrogen-bond acceptors (Lipinski definition) is 8. The molecule has 2 heterocycles. The van der Waals surface area contributed by atoms with Crippen molar-refractivity contribution < 1.29 is 55.7 Å². The molecule has 4 aromatic carbocycles. The van der Waals surface area contributed by atoms with Gasteiger partial charge in [0.1, 0.15) is 22.9 Å². The van der Waals surface area contributed by atoms with E-state index in [-0.39, 0.29) is 39.6 Å². The molecule has 17 heteroatoms. The third-order valence-electron chi connectivity index (χ3n) is 11.2. The van der Waals surface area contributed by atoms with E-state index in [1.807, 2.05) is 30.3 Å². The zero-order valence-electron chi connectivity index (χ0n) is 29.6. The van der Waals surface area contributed by atoms with Gasteiger partial charge in [-0.3, -0.25) is 24.1 Å². The number of aromatic hydroxyl groups is 1. The summed E-state index contributed by atoms with van der Waals surface area (Å²) in [5.41, 5.74) is -0.398. The SMILES string of the molecule is COc1cc(O)c([C@H]2C3=CC[C@@H]4C(=O)N(c5ccc(Nc6ccccc6)cc5)C(=O)[C@@H]4[C@@H]3C[C@@]3(Cl)C(=O)N(c4c(F)c(F)c(F)c(F)c4F)C(=O)[C@@]23Cl)c(OC)c1. The lowest BCUT2D eigenvalue weighted by Gasteiger charge is -2.50. The number of alkyl halides is 2. The second kappa shape index (κ2) is 13.5. The molecule has 0 bridgehead atoms. The summed E-state index contributed by atoms with van der Waals surface area (Å²) in [6, 6.07) is 18.1. The Balaban J connectivity index is 1.27. The van der Waals surface area contributed by atoms with E-state index in [2.05, 4.69) is 5.32 Å². The standard InChI is InChI=1S/C40H28Cl2F5N3O7/c1-56-20-14-24(51)27(25(15-20)57-2)28-21-12-13-22-26(36(53)49(35(22)52)19-10-8-18(9-11-19)48-17-6-4-3-5-7-17)23(21)16-39(41)37(54)50(38(55)40(28,39)42)34-32(46)30(44)29(43)31(45)33(34)47/h3-12,14-15,22-23,26,28,48,51H,13,16H2,1-2H3/t22-,23+,26-,28+,39+,40-/m0/s1. The summed E-state index contributed by atoms with van der Waals surface area (Å²) in [6.45, 7) is 0. The van der Waals surface area contributed by atoms with Gasteiger partial charge in [0.05, 0.1) is 31.7 Å². The zero-order valence-corrected chi connectivity index (χ0v) is 31.1. The number of phenolic OH excluding ortho intramolecular Hbond substituents is 1. The van der Waals surface area contributed by atoms with Crippen LogP contribution in [0.25, 0.3) is 0 Å². The smallest absolute Gasteiger partial charge is 0.258 e. The Bertz CT molecular complexity index is 2430. The van der Waals surface area contributed by atoms with Crippen molar-refractivity contribution in [1.29, 1.82) is 0 Å². The fourth-order valence-electron chi connectivity index (χ4n) is 8.68. The van der Waals surface area contributed by atoms with Crippen molar-refractivity contribution in [2.75, 3.05) is 29.3 Å². The van der Waals surface area contributed by atoms with Crippen LogP contribution in [0.4, 0.5) is 44.7 Å². The molecule has 4 aliphatic rings. The van der Waals surface area contributed by atoms with Crippen molar-refractivity contribution >= 4 is 69.6 Å². The Morgan fingerprint density at radius 3 is 1.98 bits per heavy atom. The monoisotopic (exact) mass is 827 g/mol. The van der Waals surface area contributed by atoms with Gasteiger partial charge in [0, 0.05) is 35.0 Å². The minimum absolute atomic E-state index is 0.0629. The van der Waals surface area contributed by atoms with Gasteiger partial charge in [-0.15, -0.1) is 23.2 Å². The van der Waals surface area contributed by atoms with E-state index in [0.717, 1.165) is 16.7 Å². The highest BCUT2D eigenvalue weighted by molar-refractivity contribution is 6.58. The van der Waals surface area contributed by atoms with Crippen LogP contribution in [0, 0.1) is 46.8 Å². The average molecular weight is 829 g/mol. The number of fused-ring (bicyclic) bond motifs is 4. The Morgan fingerprint density at radius 2 is 1.37 bits per heavy atom. The molecule has 57 heavy (non-hydrogen) atoms. The quantitative estimate of drug-likeness (QED) is 0.0487.